The van der Waals surface area contributed by atoms with Gasteiger partial charge in [0, 0.05) is 10.9 Å². The summed E-state index contributed by atoms with van der Waals surface area (Å²) in [4.78, 5) is 41.6. The molecule has 2 heterocycles. The normalized spacial score (nSPS) is 10.5. The molecule has 0 saturated carbocycles. The highest BCUT2D eigenvalue weighted by Gasteiger charge is 2.18. The maximum atomic E-state index is 12.8. The Hall–Kier alpha value is -4.46. The second kappa shape index (κ2) is 9.13. The zero-order valence-electron chi connectivity index (χ0n) is 17.0. The third kappa shape index (κ3) is 4.49. The third-order valence-corrected chi connectivity index (χ3v) is 4.65. The number of fused-ring (bicyclic) bond motifs is 1. The van der Waals surface area contributed by atoms with Crippen molar-refractivity contribution in [1.29, 1.82) is 0 Å². The van der Waals surface area contributed by atoms with Gasteiger partial charge in [-0.2, -0.15) is 0 Å². The van der Waals surface area contributed by atoms with Crippen molar-refractivity contribution in [3.63, 3.8) is 0 Å². The van der Waals surface area contributed by atoms with Crippen LogP contribution in [0.3, 0.4) is 0 Å². The first-order valence-corrected chi connectivity index (χ1v) is 9.64. The molecule has 0 unspecified atom stereocenters. The van der Waals surface area contributed by atoms with Crippen LogP contribution >= 0.6 is 0 Å². The number of hydrogen-bond acceptors (Lipinski definition) is 7. The Kier molecular flexibility index (Phi) is 5.94. The molecule has 0 atom stereocenters. The van der Waals surface area contributed by atoms with Gasteiger partial charge in [0.15, 0.2) is 12.4 Å². The van der Waals surface area contributed by atoms with Crippen molar-refractivity contribution in [3.05, 3.63) is 84.1 Å². The zero-order chi connectivity index (χ0) is 22.5. The number of hydrogen-bond donors (Lipinski definition) is 1. The summed E-state index contributed by atoms with van der Waals surface area (Å²) >= 11 is 0. The van der Waals surface area contributed by atoms with Crippen molar-refractivity contribution < 1.29 is 28.3 Å². The second-order valence-electron chi connectivity index (χ2n) is 6.73. The number of para-hydroxylation sites is 1. The molecular formula is C24H18N2O6. The van der Waals surface area contributed by atoms with Gasteiger partial charge in [-0.15, -0.1) is 0 Å². The van der Waals surface area contributed by atoms with Crippen molar-refractivity contribution in [2.75, 3.05) is 13.7 Å². The summed E-state index contributed by atoms with van der Waals surface area (Å²) in [5.74, 6) is -0.997. The number of ether oxygens (including phenoxy) is 2. The van der Waals surface area contributed by atoms with E-state index >= 15 is 0 Å². The minimum Gasteiger partial charge on any atom is -0.497 e. The fraction of sp³-hybridized carbons (Fsp3) is 0.0833. The molecule has 4 rings (SSSR count). The molecular weight excluding hydrogens is 412 g/mol. The van der Waals surface area contributed by atoms with E-state index < -0.39 is 24.4 Å². The molecule has 2 aromatic carbocycles. The number of aromatic nitrogens is 1. The number of methoxy groups -OCH3 is 1. The van der Waals surface area contributed by atoms with E-state index in [1.807, 2.05) is 0 Å². The lowest BCUT2D eigenvalue weighted by Crippen LogP contribution is -2.34. The first kappa shape index (κ1) is 20.8. The zero-order valence-corrected chi connectivity index (χ0v) is 17.0. The van der Waals surface area contributed by atoms with Crippen LogP contribution in [0, 0.1) is 0 Å². The van der Waals surface area contributed by atoms with E-state index in [0.29, 0.717) is 28.1 Å². The number of carbonyl (C=O) groups is 3. The Bertz CT molecular complexity index is 1280. The van der Waals surface area contributed by atoms with Gasteiger partial charge >= 0.3 is 5.97 Å². The lowest BCUT2D eigenvalue weighted by atomic mass is 10.1. The number of nitrogens with one attached hydrogen (secondary N) is 1. The smallest absolute Gasteiger partial charge is 0.339 e. The summed E-state index contributed by atoms with van der Waals surface area (Å²) in [5, 5.41) is 2.76. The predicted octanol–water partition coefficient (Wildman–Crippen LogP) is 3.62. The molecule has 0 bridgehead atoms. The molecule has 0 radical (unpaired) electrons. The van der Waals surface area contributed by atoms with Gasteiger partial charge in [-0.1, -0.05) is 18.2 Å². The van der Waals surface area contributed by atoms with Crippen LogP contribution in [0.5, 0.6) is 5.75 Å². The molecule has 160 valence electrons. The summed E-state index contributed by atoms with van der Waals surface area (Å²) in [6.07, 6.45) is 1.51. The molecule has 0 aliphatic heterocycles. The standard InChI is InChI=1S/C24H18N2O6/c1-30-16-10-8-15(9-11-16)23(28)26-22(27)14-32-24(29)18-13-20(21-7-4-12-31-21)25-19-6-3-2-5-17(18)19/h2-13H,14H2,1H3,(H,26,27,28). The highest BCUT2D eigenvalue weighted by atomic mass is 16.5. The van der Waals surface area contributed by atoms with Gasteiger partial charge in [0.05, 0.1) is 24.5 Å². The number of furan rings is 1. The number of rotatable bonds is 6. The van der Waals surface area contributed by atoms with Crippen LogP contribution in [0.2, 0.25) is 0 Å². The summed E-state index contributed by atoms with van der Waals surface area (Å²) in [6.45, 7) is -0.618. The van der Waals surface area contributed by atoms with Gasteiger partial charge in [-0.25, -0.2) is 9.78 Å². The van der Waals surface area contributed by atoms with E-state index in [2.05, 4.69) is 10.3 Å². The van der Waals surface area contributed by atoms with E-state index in [-0.39, 0.29) is 11.1 Å². The van der Waals surface area contributed by atoms with Crippen molar-refractivity contribution >= 4 is 28.7 Å². The molecule has 8 heteroatoms. The first-order valence-electron chi connectivity index (χ1n) is 9.64. The number of nitrogens with zero attached hydrogens (tertiary/aromatic N) is 1. The molecule has 1 N–H and O–H groups in total. The Morgan fingerprint density at radius 2 is 1.78 bits per heavy atom. The van der Waals surface area contributed by atoms with Crippen LogP contribution in [0.15, 0.2) is 77.4 Å². The molecule has 2 aromatic heterocycles. The Morgan fingerprint density at radius 3 is 2.50 bits per heavy atom. The van der Waals surface area contributed by atoms with Crippen LogP contribution in [-0.4, -0.2) is 36.5 Å². The van der Waals surface area contributed by atoms with E-state index in [0.717, 1.165) is 0 Å². The monoisotopic (exact) mass is 430 g/mol. The highest BCUT2D eigenvalue weighted by Crippen LogP contribution is 2.25. The molecule has 0 spiro atoms. The van der Waals surface area contributed by atoms with Gasteiger partial charge in [0.2, 0.25) is 0 Å². The number of pyridine rings is 1. The molecule has 0 fully saturated rings. The van der Waals surface area contributed by atoms with Gasteiger partial charge in [-0.05, 0) is 48.5 Å². The largest absolute Gasteiger partial charge is 0.497 e. The van der Waals surface area contributed by atoms with Crippen LogP contribution < -0.4 is 10.1 Å². The summed E-state index contributed by atoms with van der Waals surface area (Å²) in [6, 6.07) is 18.3. The SMILES string of the molecule is COc1ccc(C(=O)NC(=O)COC(=O)c2cc(-c3ccco3)nc3ccccc23)cc1. The average molecular weight is 430 g/mol. The Balaban J connectivity index is 1.46. The highest BCUT2D eigenvalue weighted by molar-refractivity contribution is 6.07. The predicted molar refractivity (Wildman–Crippen MR) is 115 cm³/mol. The van der Waals surface area contributed by atoms with Crippen LogP contribution in [0.25, 0.3) is 22.4 Å². The van der Waals surface area contributed by atoms with Crippen molar-refractivity contribution in [1.82, 2.24) is 10.3 Å². The minimum absolute atomic E-state index is 0.233. The Morgan fingerprint density at radius 1 is 1.00 bits per heavy atom. The fourth-order valence-corrected chi connectivity index (χ4v) is 3.08. The van der Waals surface area contributed by atoms with Crippen LogP contribution in [0.4, 0.5) is 0 Å². The Labute approximate surface area is 182 Å². The second-order valence-corrected chi connectivity index (χ2v) is 6.73. The van der Waals surface area contributed by atoms with Gasteiger partial charge < -0.3 is 13.9 Å². The number of esters is 1. The number of carbonyl (C=O) groups excluding carboxylic acids is 3. The van der Waals surface area contributed by atoms with Crippen LogP contribution in [-0.2, 0) is 9.53 Å². The number of imide groups is 1. The maximum Gasteiger partial charge on any atom is 0.339 e. The molecule has 32 heavy (non-hydrogen) atoms. The van der Waals surface area contributed by atoms with E-state index in [1.165, 1.54) is 25.5 Å². The lowest BCUT2D eigenvalue weighted by molar-refractivity contribution is -0.123. The molecule has 0 saturated heterocycles. The fourth-order valence-electron chi connectivity index (χ4n) is 3.08. The first-order chi connectivity index (χ1) is 15.5. The molecule has 4 aromatic rings. The van der Waals surface area contributed by atoms with Crippen LogP contribution in [0.1, 0.15) is 20.7 Å². The van der Waals surface area contributed by atoms with Gasteiger partial charge in [0.25, 0.3) is 11.8 Å². The molecule has 0 aliphatic carbocycles. The van der Waals surface area contributed by atoms with Gasteiger partial charge in [-0.3, -0.25) is 14.9 Å². The minimum atomic E-state index is -0.746. The molecule has 8 nitrogen and oxygen atoms in total. The average Bonchev–Trinajstić information content (AvgIpc) is 3.37. The number of benzene rings is 2. The number of amides is 2. The maximum absolute atomic E-state index is 12.8. The van der Waals surface area contributed by atoms with Gasteiger partial charge in [0.1, 0.15) is 11.4 Å². The summed E-state index contributed by atoms with van der Waals surface area (Å²) in [7, 11) is 1.51. The quantitative estimate of drug-likeness (QED) is 0.466. The summed E-state index contributed by atoms with van der Waals surface area (Å²) < 4.78 is 15.6. The third-order valence-electron chi connectivity index (χ3n) is 4.65. The molecule has 2 amide bonds. The van der Waals surface area contributed by atoms with Crippen molar-refractivity contribution in [3.8, 4) is 17.2 Å². The summed E-state index contributed by atoms with van der Waals surface area (Å²) in [5.41, 5.74) is 1.54. The lowest BCUT2D eigenvalue weighted by Gasteiger charge is -2.09. The molecule has 0 aliphatic rings. The van der Waals surface area contributed by atoms with E-state index in [4.69, 9.17) is 13.9 Å². The topological polar surface area (TPSA) is 108 Å². The van der Waals surface area contributed by atoms with Crippen molar-refractivity contribution in [2.45, 2.75) is 0 Å². The van der Waals surface area contributed by atoms with E-state index in [9.17, 15) is 14.4 Å². The van der Waals surface area contributed by atoms with E-state index in [1.54, 1.807) is 54.6 Å². The van der Waals surface area contributed by atoms with Crippen molar-refractivity contribution in [2.24, 2.45) is 0 Å².